The molecule has 0 aromatic heterocycles. The Labute approximate surface area is 195 Å². The van der Waals surface area contributed by atoms with Crippen LogP contribution in [-0.4, -0.2) is 41.0 Å². The lowest BCUT2D eigenvalue weighted by atomic mass is 10.1. The zero-order valence-electron chi connectivity index (χ0n) is 18.4. The number of carbonyl (C=O) groups is 3. The molecule has 0 saturated heterocycles. The SMILES string of the molecule is CC(N)=CC(=Nc1ccc(F)cc1)OCC(=O)C1(NC(=O)OCc2ccccc2)CC1C(=O)O. The maximum Gasteiger partial charge on any atom is 0.408 e. The van der Waals surface area contributed by atoms with Crippen LogP contribution in [0.5, 0.6) is 0 Å². The molecule has 0 aliphatic heterocycles. The molecule has 1 aliphatic carbocycles. The summed E-state index contributed by atoms with van der Waals surface area (Å²) >= 11 is 0. The molecule has 9 nitrogen and oxygen atoms in total. The van der Waals surface area contributed by atoms with Crippen LogP contribution in [0.15, 0.2) is 71.4 Å². The molecule has 10 heteroatoms. The van der Waals surface area contributed by atoms with E-state index >= 15 is 0 Å². The number of benzene rings is 2. The number of amides is 1. The average Bonchev–Trinajstić information content (AvgIpc) is 3.53. The zero-order chi connectivity index (χ0) is 24.7. The van der Waals surface area contributed by atoms with Gasteiger partial charge in [0.2, 0.25) is 5.90 Å². The fourth-order valence-corrected chi connectivity index (χ4v) is 3.23. The van der Waals surface area contributed by atoms with Crippen LogP contribution in [0.2, 0.25) is 0 Å². The summed E-state index contributed by atoms with van der Waals surface area (Å²) in [4.78, 5) is 40.9. The zero-order valence-corrected chi connectivity index (χ0v) is 18.4. The van der Waals surface area contributed by atoms with E-state index in [1.165, 1.54) is 30.3 Å². The number of rotatable bonds is 9. The van der Waals surface area contributed by atoms with Crippen LogP contribution in [-0.2, 0) is 25.7 Å². The van der Waals surface area contributed by atoms with Gasteiger partial charge in [0, 0.05) is 11.8 Å². The summed E-state index contributed by atoms with van der Waals surface area (Å²) in [6.07, 6.45) is 0.354. The molecule has 34 heavy (non-hydrogen) atoms. The van der Waals surface area contributed by atoms with Gasteiger partial charge >= 0.3 is 12.1 Å². The second-order valence-corrected chi connectivity index (χ2v) is 7.78. The Morgan fingerprint density at radius 2 is 1.85 bits per heavy atom. The predicted octanol–water partition coefficient (Wildman–Crippen LogP) is 3.07. The van der Waals surface area contributed by atoms with E-state index in [4.69, 9.17) is 15.2 Å². The molecule has 2 atom stereocenters. The number of nitrogens with two attached hydrogens (primary N) is 1. The fraction of sp³-hybridized carbons (Fsp3) is 0.250. The van der Waals surface area contributed by atoms with Crippen molar-refractivity contribution in [2.45, 2.75) is 25.5 Å². The molecule has 2 aromatic carbocycles. The minimum absolute atomic E-state index is 0.0331. The molecular weight excluding hydrogens is 445 g/mol. The van der Waals surface area contributed by atoms with E-state index in [2.05, 4.69) is 10.3 Å². The van der Waals surface area contributed by atoms with Crippen molar-refractivity contribution in [3.8, 4) is 0 Å². The monoisotopic (exact) mass is 469 g/mol. The molecule has 4 N–H and O–H groups in total. The number of alkyl carbamates (subject to hydrolysis) is 1. The van der Waals surface area contributed by atoms with Crippen LogP contribution in [0.3, 0.4) is 0 Å². The lowest BCUT2D eigenvalue weighted by molar-refractivity contribution is -0.140. The number of ether oxygens (including phenoxy) is 2. The highest BCUT2D eigenvalue weighted by Crippen LogP contribution is 2.44. The number of hydrogen-bond acceptors (Lipinski definition) is 7. The molecular formula is C24H24FN3O6. The van der Waals surface area contributed by atoms with Gasteiger partial charge in [0.05, 0.1) is 11.6 Å². The van der Waals surface area contributed by atoms with Gasteiger partial charge in [-0.05, 0) is 43.2 Å². The summed E-state index contributed by atoms with van der Waals surface area (Å²) in [5.41, 5.74) is 5.46. The van der Waals surface area contributed by atoms with Crippen molar-refractivity contribution >= 4 is 29.4 Å². The minimum Gasteiger partial charge on any atom is -0.481 e. The average molecular weight is 469 g/mol. The summed E-state index contributed by atoms with van der Waals surface area (Å²) < 4.78 is 23.7. The van der Waals surface area contributed by atoms with Crippen LogP contribution in [0.4, 0.5) is 14.9 Å². The highest BCUT2D eigenvalue weighted by molar-refractivity contribution is 6.03. The van der Waals surface area contributed by atoms with Gasteiger partial charge in [0.15, 0.2) is 12.4 Å². The molecule has 0 radical (unpaired) electrons. The van der Waals surface area contributed by atoms with Crippen LogP contribution in [0.25, 0.3) is 0 Å². The summed E-state index contributed by atoms with van der Waals surface area (Å²) in [5, 5.41) is 11.8. The fourth-order valence-electron chi connectivity index (χ4n) is 3.23. The predicted molar refractivity (Wildman–Crippen MR) is 121 cm³/mol. The van der Waals surface area contributed by atoms with Crippen molar-refractivity contribution in [2.75, 3.05) is 6.61 Å². The van der Waals surface area contributed by atoms with Gasteiger partial charge in [-0.1, -0.05) is 30.3 Å². The van der Waals surface area contributed by atoms with E-state index < -0.39 is 41.7 Å². The normalized spacial score (nSPS) is 19.8. The molecule has 1 amide bonds. The molecule has 3 rings (SSSR count). The summed E-state index contributed by atoms with van der Waals surface area (Å²) in [6, 6.07) is 14.1. The van der Waals surface area contributed by atoms with E-state index in [0.717, 1.165) is 5.56 Å². The molecule has 1 aliphatic rings. The first-order chi connectivity index (χ1) is 16.2. The number of halogens is 1. The van der Waals surface area contributed by atoms with Crippen LogP contribution in [0.1, 0.15) is 18.9 Å². The topological polar surface area (TPSA) is 140 Å². The number of carboxylic acid groups (broad SMARTS) is 1. The van der Waals surface area contributed by atoms with E-state index in [9.17, 15) is 23.9 Å². The summed E-state index contributed by atoms with van der Waals surface area (Å²) in [7, 11) is 0. The van der Waals surface area contributed by atoms with Crippen LogP contribution in [0, 0.1) is 11.7 Å². The van der Waals surface area contributed by atoms with Crippen LogP contribution < -0.4 is 11.1 Å². The molecule has 1 fully saturated rings. The Balaban J connectivity index is 1.68. The second kappa shape index (κ2) is 10.6. The third kappa shape index (κ3) is 6.41. The number of carboxylic acids is 1. The quantitative estimate of drug-likeness (QED) is 0.379. The molecule has 2 unspecified atom stereocenters. The van der Waals surface area contributed by atoms with Crippen LogP contribution >= 0.6 is 0 Å². The first kappa shape index (κ1) is 24.4. The van der Waals surface area contributed by atoms with Crippen molar-refractivity contribution in [1.29, 1.82) is 0 Å². The first-order valence-corrected chi connectivity index (χ1v) is 10.4. The molecule has 0 spiro atoms. The Hall–Kier alpha value is -4.21. The third-order valence-electron chi connectivity index (χ3n) is 5.06. The van der Waals surface area contributed by atoms with Crippen molar-refractivity contribution in [3.05, 3.63) is 77.8 Å². The Kier molecular flexibility index (Phi) is 7.62. The number of Topliss-reactive ketones (excluding diaryl/α,β-unsaturated/α-hetero) is 1. The van der Waals surface area contributed by atoms with Gasteiger partial charge in [0.1, 0.15) is 18.0 Å². The van der Waals surface area contributed by atoms with Gasteiger partial charge in [-0.2, -0.15) is 0 Å². The summed E-state index contributed by atoms with van der Waals surface area (Å²) in [5.74, 6) is -3.48. The Bertz CT molecular complexity index is 1110. The lowest BCUT2D eigenvalue weighted by Crippen LogP contribution is -2.48. The maximum atomic E-state index is 13.1. The largest absolute Gasteiger partial charge is 0.481 e. The van der Waals surface area contributed by atoms with Gasteiger partial charge in [-0.3, -0.25) is 9.59 Å². The van der Waals surface area contributed by atoms with Crippen molar-refractivity contribution in [2.24, 2.45) is 16.6 Å². The second-order valence-electron chi connectivity index (χ2n) is 7.78. The highest BCUT2D eigenvalue weighted by Gasteiger charge is 2.65. The molecule has 2 aromatic rings. The van der Waals surface area contributed by atoms with E-state index in [-0.39, 0.29) is 18.9 Å². The molecule has 0 bridgehead atoms. The Morgan fingerprint density at radius 1 is 1.18 bits per heavy atom. The molecule has 178 valence electrons. The number of aliphatic carboxylic acids is 1. The van der Waals surface area contributed by atoms with Crippen molar-refractivity contribution < 1.29 is 33.4 Å². The number of hydrogen-bond donors (Lipinski definition) is 3. The van der Waals surface area contributed by atoms with Gasteiger partial charge in [-0.25, -0.2) is 14.2 Å². The minimum atomic E-state index is -1.65. The first-order valence-electron chi connectivity index (χ1n) is 10.4. The lowest BCUT2D eigenvalue weighted by Gasteiger charge is -2.18. The van der Waals surface area contributed by atoms with Crippen molar-refractivity contribution in [1.82, 2.24) is 5.32 Å². The molecule has 1 saturated carbocycles. The number of carbonyl (C=O) groups excluding carboxylic acids is 2. The third-order valence-corrected chi connectivity index (χ3v) is 5.06. The number of nitrogens with one attached hydrogen (secondary N) is 1. The van der Waals surface area contributed by atoms with Gasteiger partial charge in [0.25, 0.3) is 0 Å². The summed E-state index contributed by atoms with van der Waals surface area (Å²) in [6.45, 7) is 0.964. The Morgan fingerprint density at radius 3 is 2.44 bits per heavy atom. The number of allylic oxidation sites excluding steroid dienone is 1. The highest BCUT2D eigenvalue weighted by atomic mass is 19.1. The van der Waals surface area contributed by atoms with Gasteiger partial charge in [-0.15, -0.1) is 0 Å². The number of nitrogens with zero attached hydrogens (tertiary/aromatic N) is 1. The number of ketones is 1. The standard InChI is InChI=1S/C24H24FN3O6/c1-15(26)11-21(27-18-9-7-17(25)8-10-18)33-14-20(29)24(12-19(24)22(30)31)28-23(32)34-13-16-5-3-2-4-6-16/h2-11,19H,12-14,26H2,1H3,(H,28,32)(H,30,31). The van der Waals surface area contributed by atoms with E-state index in [0.29, 0.717) is 11.4 Å². The van der Waals surface area contributed by atoms with E-state index in [1.54, 1.807) is 31.2 Å². The van der Waals surface area contributed by atoms with Gasteiger partial charge < -0.3 is 25.6 Å². The number of aliphatic imine (C=N–C) groups is 1. The smallest absolute Gasteiger partial charge is 0.408 e. The molecule has 0 heterocycles. The maximum absolute atomic E-state index is 13.1. The van der Waals surface area contributed by atoms with E-state index in [1.807, 2.05) is 6.07 Å². The van der Waals surface area contributed by atoms with Crippen molar-refractivity contribution in [3.63, 3.8) is 0 Å².